The molecule has 0 fully saturated rings. The van der Waals surface area contributed by atoms with Gasteiger partial charge in [0.15, 0.2) is 5.69 Å². The Balaban J connectivity index is 1.25. The summed E-state index contributed by atoms with van der Waals surface area (Å²) in [6.45, 7) is 0.689. The van der Waals surface area contributed by atoms with Crippen molar-refractivity contribution in [3.05, 3.63) is 125 Å². The number of nitrogens with one attached hydrogen (secondary N) is 1. The van der Waals surface area contributed by atoms with E-state index < -0.39 is 23.6 Å². The zero-order valence-corrected chi connectivity index (χ0v) is 21.1. The van der Waals surface area contributed by atoms with Gasteiger partial charge in [0.05, 0.1) is 12.1 Å². The van der Waals surface area contributed by atoms with Crippen molar-refractivity contribution in [3.63, 3.8) is 0 Å². The molecular weight excluding hydrogens is 505 g/mol. The molecule has 1 aromatic heterocycles. The number of carbonyl (C=O) groups excluding carboxylic acids is 2. The van der Waals surface area contributed by atoms with E-state index in [1.807, 2.05) is 36.4 Å². The summed E-state index contributed by atoms with van der Waals surface area (Å²) >= 11 is 0. The molecule has 39 heavy (non-hydrogen) atoms. The number of hydrogen-bond acceptors (Lipinski definition) is 3. The van der Waals surface area contributed by atoms with Crippen LogP contribution in [0.25, 0.3) is 0 Å². The number of aromatic nitrogens is 2. The Morgan fingerprint density at radius 3 is 2.15 bits per heavy atom. The molecule has 0 radical (unpaired) electrons. The molecule has 0 bridgehead atoms. The molecular formula is C30H27F3N4O2. The lowest BCUT2D eigenvalue weighted by molar-refractivity contribution is -0.138. The van der Waals surface area contributed by atoms with Gasteiger partial charge in [-0.1, -0.05) is 78.9 Å². The van der Waals surface area contributed by atoms with Gasteiger partial charge in [-0.15, -0.1) is 0 Å². The van der Waals surface area contributed by atoms with E-state index in [1.54, 1.807) is 0 Å². The second-order valence-electron chi connectivity index (χ2n) is 9.44. The molecule has 4 aromatic rings. The number of fused-ring (bicyclic) bond motifs is 1. The first-order valence-corrected chi connectivity index (χ1v) is 12.7. The van der Waals surface area contributed by atoms with Gasteiger partial charge >= 0.3 is 6.18 Å². The van der Waals surface area contributed by atoms with Gasteiger partial charge in [-0.2, -0.15) is 18.3 Å². The van der Waals surface area contributed by atoms with Crippen LogP contribution in [0.1, 0.15) is 55.6 Å². The lowest BCUT2D eigenvalue weighted by atomic mass is 9.88. The number of halogens is 3. The molecule has 9 heteroatoms. The molecule has 3 aromatic carbocycles. The van der Waals surface area contributed by atoms with Crippen LogP contribution in [-0.4, -0.2) is 39.6 Å². The quantitative estimate of drug-likeness (QED) is 0.326. The first-order chi connectivity index (χ1) is 18.8. The first kappa shape index (κ1) is 26.2. The number of alkyl halides is 3. The van der Waals surface area contributed by atoms with E-state index in [0.29, 0.717) is 13.0 Å². The van der Waals surface area contributed by atoms with Gasteiger partial charge in [0.25, 0.3) is 11.8 Å². The minimum Gasteiger partial charge on any atom is -0.351 e. The number of amides is 2. The Kier molecular flexibility index (Phi) is 7.49. The van der Waals surface area contributed by atoms with Gasteiger partial charge in [0.2, 0.25) is 0 Å². The topological polar surface area (TPSA) is 67.2 Å². The van der Waals surface area contributed by atoms with Crippen molar-refractivity contribution >= 4 is 11.8 Å². The van der Waals surface area contributed by atoms with Crippen molar-refractivity contribution < 1.29 is 22.8 Å². The second kappa shape index (κ2) is 11.1. The number of rotatable bonds is 8. The Hall–Kier alpha value is -4.40. The fourth-order valence-corrected chi connectivity index (χ4v) is 4.96. The molecule has 0 saturated heterocycles. The zero-order valence-electron chi connectivity index (χ0n) is 21.1. The highest BCUT2D eigenvalue weighted by molar-refractivity contribution is 5.98. The molecule has 6 nitrogen and oxygen atoms in total. The highest BCUT2D eigenvalue weighted by Gasteiger charge is 2.35. The van der Waals surface area contributed by atoms with Crippen LogP contribution in [0.5, 0.6) is 0 Å². The zero-order chi connectivity index (χ0) is 27.4. The van der Waals surface area contributed by atoms with Crippen molar-refractivity contribution in [1.82, 2.24) is 20.0 Å². The van der Waals surface area contributed by atoms with Crippen molar-refractivity contribution in [2.45, 2.75) is 31.6 Å². The fourth-order valence-electron chi connectivity index (χ4n) is 4.96. The van der Waals surface area contributed by atoms with Gasteiger partial charge in [0, 0.05) is 31.6 Å². The van der Waals surface area contributed by atoms with Crippen LogP contribution in [0.2, 0.25) is 0 Å². The standard InChI is InChI=1S/C30H27F3N4O2/c31-30(32,33)25-14-8-7-13-23(25)20-36-17-18-37-27(29(36)39)19-26(35-37)28(38)34-16-15-24(21-9-3-1-4-10-21)22-11-5-2-6-12-22/h1-14,19,24H,15-18,20H2,(H,34,38). The normalized spacial score (nSPS) is 13.4. The monoisotopic (exact) mass is 532 g/mol. The maximum absolute atomic E-state index is 13.4. The summed E-state index contributed by atoms with van der Waals surface area (Å²) in [5.41, 5.74) is 1.84. The molecule has 0 saturated carbocycles. The molecule has 0 aliphatic carbocycles. The van der Waals surface area contributed by atoms with Crippen LogP contribution >= 0.6 is 0 Å². The molecule has 1 aliphatic rings. The summed E-state index contributed by atoms with van der Waals surface area (Å²) in [5, 5.41) is 7.19. The van der Waals surface area contributed by atoms with Crippen molar-refractivity contribution in [2.24, 2.45) is 0 Å². The van der Waals surface area contributed by atoms with E-state index >= 15 is 0 Å². The Morgan fingerprint density at radius 1 is 0.897 bits per heavy atom. The highest BCUT2D eigenvalue weighted by atomic mass is 19.4. The van der Waals surface area contributed by atoms with Crippen molar-refractivity contribution in [1.29, 1.82) is 0 Å². The smallest absolute Gasteiger partial charge is 0.351 e. The third-order valence-corrected chi connectivity index (χ3v) is 6.91. The largest absolute Gasteiger partial charge is 0.416 e. The molecule has 1 aliphatic heterocycles. The molecule has 200 valence electrons. The van der Waals surface area contributed by atoms with Crippen LogP contribution in [0.15, 0.2) is 91.0 Å². The Morgan fingerprint density at radius 2 is 1.51 bits per heavy atom. The average molecular weight is 533 g/mol. The van der Waals surface area contributed by atoms with Gasteiger partial charge in [-0.3, -0.25) is 14.3 Å². The van der Waals surface area contributed by atoms with Crippen molar-refractivity contribution in [2.75, 3.05) is 13.1 Å². The maximum Gasteiger partial charge on any atom is 0.416 e. The number of hydrogen-bond donors (Lipinski definition) is 1. The lowest BCUT2D eigenvalue weighted by Crippen LogP contribution is -2.40. The number of nitrogens with zero attached hydrogens (tertiary/aromatic N) is 3. The Labute approximate surface area is 224 Å². The third-order valence-electron chi connectivity index (χ3n) is 6.91. The van der Waals surface area contributed by atoms with Crippen LogP contribution in [0.4, 0.5) is 13.2 Å². The van der Waals surface area contributed by atoms with Crippen LogP contribution in [-0.2, 0) is 19.3 Å². The molecule has 0 atom stereocenters. The van der Waals surface area contributed by atoms with E-state index in [0.717, 1.165) is 17.2 Å². The van der Waals surface area contributed by atoms with E-state index in [2.05, 4.69) is 34.7 Å². The minimum absolute atomic E-state index is 0.0238. The molecule has 0 unspecified atom stereocenters. The molecule has 2 amide bonds. The van der Waals surface area contributed by atoms with E-state index in [9.17, 15) is 22.8 Å². The number of carbonyl (C=O) groups is 2. The predicted molar refractivity (Wildman–Crippen MR) is 140 cm³/mol. The van der Waals surface area contributed by atoms with Gasteiger partial charge < -0.3 is 10.2 Å². The van der Waals surface area contributed by atoms with E-state index in [-0.39, 0.29) is 42.5 Å². The Bertz CT molecular complexity index is 1410. The van der Waals surface area contributed by atoms with Gasteiger partial charge in [0.1, 0.15) is 5.69 Å². The molecule has 0 spiro atoms. The minimum atomic E-state index is -4.51. The van der Waals surface area contributed by atoms with E-state index in [4.69, 9.17) is 0 Å². The summed E-state index contributed by atoms with van der Waals surface area (Å²) in [5.74, 6) is -0.769. The van der Waals surface area contributed by atoms with Crippen LogP contribution in [0.3, 0.4) is 0 Å². The number of benzene rings is 3. The fraction of sp³-hybridized carbons (Fsp3) is 0.233. The first-order valence-electron chi connectivity index (χ1n) is 12.7. The second-order valence-corrected chi connectivity index (χ2v) is 9.44. The van der Waals surface area contributed by atoms with Gasteiger partial charge in [-0.25, -0.2) is 0 Å². The van der Waals surface area contributed by atoms with Crippen molar-refractivity contribution in [3.8, 4) is 0 Å². The lowest BCUT2D eigenvalue weighted by Gasteiger charge is -2.28. The van der Waals surface area contributed by atoms with Crippen LogP contribution in [0, 0.1) is 0 Å². The maximum atomic E-state index is 13.4. The summed E-state index contributed by atoms with van der Waals surface area (Å²) in [4.78, 5) is 27.4. The predicted octanol–water partition coefficient (Wildman–Crippen LogP) is 5.51. The molecule has 2 heterocycles. The SMILES string of the molecule is O=C(NCCC(c1ccccc1)c1ccccc1)c1cc2n(n1)CCN(Cc1ccccc1C(F)(F)F)C2=O. The summed E-state index contributed by atoms with van der Waals surface area (Å²) in [6, 6.07) is 26.8. The van der Waals surface area contributed by atoms with Gasteiger partial charge in [-0.05, 0) is 29.2 Å². The third kappa shape index (κ3) is 5.87. The molecule has 5 rings (SSSR count). The van der Waals surface area contributed by atoms with E-state index in [1.165, 1.54) is 33.8 Å². The average Bonchev–Trinajstić information content (AvgIpc) is 3.39. The molecule has 1 N–H and O–H groups in total. The summed E-state index contributed by atoms with van der Waals surface area (Å²) < 4.78 is 41.7. The summed E-state index contributed by atoms with van der Waals surface area (Å²) in [7, 11) is 0. The van der Waals surface area contributed by atoms with Crippen LogP contribution < -0.4 is 5.32 Å². The summed E-state index contributed by atoms with van der Waals surface area (Å²) in [6.07, 6.45) is -3.85. The highest BCUT2D eigenvalue weighted by Crippen LogP contribution is 2.33.